The molecule has 1 aliphatic heterocycles. The number of benzene rings is 2. The standard InChI is InChI=1S/C18H15ClN2O3/c1-2-14(22)10-20-18(23)21-11-12-5-3-4-6-16(12)24-17-8-7-13(19)9-15(17)21/h2-9H,1,10-11H2,(H,20,23). The third-order valence-corrected chi connectivity index (χ3v) is 3.85. The topological polar surface area (TPSA) is 58.6 Å². The van der Waals surface area contributed by atoms with E-state index in [1.54, 1.807) is 18.2 Å². The van der Waals surface area contributed by atoms with Crippen molar-refractivity contribution >= 4 is 29.1 Å². The Balaban J connectivity index is 1.97. The highest BCUT2D eigenvalue weighted by Crippen LogP contribution is 2.40. The highest BCUT2D eigenvalue weighted by atomic mass is 35.5. The number of nitrogens with one attached hydrogen (secondary N) is 1. The van der Waals surface area contributed by atoms with Crippen LogP contribution in [0.2, 0.25) is 5.02 Å². The molecule has 24 heavy (non-hydrogen) atoms. The zero-order valence-corrected chi connectivity index (χ0v) is 13.5. The third kappa shape index (κ3) is 3.26. The number of fused-ring (bicyclic) bond motifs is 2. The summed E-state index contributed by atoms with van der Waals surface area (Å²) in [4.78, 5) is 25.5. The number of para-hydroxylation sites is 1. The van der Waals surface area contributed by atoms with Crippen molar-refractivity contribution in [1.82, 2.24) is 5.32 Å². The summed E-state index contributed by atoms with van der Waals surface area (Å²) in [6.45, 7) is 3.58. The summed E-state index contributed by atoms with van der Waals surface area (Å²) in [5.41, 5.74) is 1.40. The number of ketones is 1. The van der Waals surface area contributed by atoms with E-state index in [0.717, 1.165) is 5.56 Å². The Morgan fingerprint density at radius 2 is 2.04 bits per heavy atom. The van der Waals surface area contributed by atoms with Crippen LogP contribution in [0.15, 0.2) is 55.1 Å². The fourth-order valence-electron chi connectivity index (χ4n) is 2.41. The Bertz CT molecular complexity index is 820. The van der Waals surface area contributed by atoms with Crippen LogP contribution >= 0.6 is 11.6 Å². The second-order valence-corrected chi connectivity index (χ2v) is 5.67. The molecular weight excluding hydrogens is 328 g/mol. The maximum Gasteiger partial charge on any atom is 0.322 e. The lowest BCUT2D eigenvalue weighted by molar-refractivity contribution is -0.113. The number of hydrogen-bond acceptors (Lipinski definition) is 3. The van der Waals surface area contributed by atoms with Crippen molar-refractivity contribution in [3.8, 4) is 11.5 Å². The van der Waals surface area contributed by atoms with Crippen LogP contribution in [0.4, 0.5) is 10.5 Å². The van der Waals surface area contributed by atoms with Gasteiger partial charge in [-0.2, -0.15) is 0 Å². The van der Waals surface area contributed by atoms with Crippen LogP contribution in [-0.4, -0.2) is 18.4 Å². The molecule has 122 valence electrons. The van der Waals surface area contributed by atoms with E-state index in [9.17, 15) is 9.59 Å². The van der Waals surface area contributed by atoms with Crippen LogP contribution in [0, 0.1) is 0 Å². The number of carbonyl (C=O) groups is 2. The molecule has 0 unspecified atom stereocenters. The Morgan fingerprint density at radius 3 is 2.83 bits per heavy atom. The van der Waals surface area contributed by atoms with Gasteiger partial charge in [0.1, 0.15) is 5.75 Å². The van der Waals surface area contributed by atoms with Crippen LogP contribution in [0.5, 0.6) is 11.5 Å². The average molecular weight is 343 g/mol. The van der Waals surface area contributed by atoms with Crippen molar-refractivity contribution in [3.05, 3.63) is 65.7 Å². The maximum atomic E-state index is 12.6. The molecule has 2 aromatic rings. The molecule has 5 nitrogen and oxygen atoms in total. The first-order valence-corrected chi connectivity index (χ1v) is 7.72. The first-order valence-electron chi connectivity index (χ1n) is 7.34. The van der Waals surface area contributed by atoms with E-state index in [1.807, 2.05) is 24.3 Å². The first kappa shape index (κ1) is 16.1. The van der Waals surface area contributed by atoms with Gasteiger partial charge in [0.05, 0.1) is 18.8 Å². The minimum Gasteiger partial charge on any atom is -0.455 e. The number of urea groups is 1. The number of anilines is 1. The van der Waals surface area contributed by atoms with Gasteiger partial charge in [0.25, 0.3) is 0 Å². The molecule has 2 aromatic carbocycles. The van der Waals surface area contributed by atoms with Gasteiger partial charge in [0.2, 0.25) is 0 Å². The summed E-state index contributed by atoms with van der Waals surface area (Å²) in [6, 6.07) is 12.1. The molecule has 0 aliphatic carbocycles. The molecule has 6 heteroatoms. The van der Waals surface area contributed by atoms with Gasteiger partial charge >= 0.3 is 6.03 Å². The fourth-order valence-corrected chi connectivity index (χ4v) is 2.57. The van der Waals surface area contributed by atoms with Gasteiger partial charge in [-0.25, -0.2) is 4.79 Å². The van der Waals surface area contributed by atoms with E-state index in [2.05, 4.69) is 11.9 Å². The minimum atomic E-state index is -0.408. The van der Waals surface area contributed by atoms with Gasteiger partial charge in [-0.05, 0) is 30.3 Å². The predicted octanol–water partition coefficient (Wildman–Crippen LogP) is 3.92. The van der Waals surface area contributed by atoms with Crippen LogP contribution in [0.3, 0.4) is 0 Å². The largest absolute Gasteiger partial charge is 0.455 e. The van der Waals surface area contributed by atoms with Crippen LogP contribution < -0.4 is 15.0 Å². The van der Waals surface area contributed by atoms with E-state index in [4.69, 9.17) is 16.3 Å². The summed E-state index contributed by atoms with van der Waals surface area (Å²) >= 11 is 6.08. The Hall–Kier alpha value is -2.79. The average Bonchev–Trinajstić information content (AvgIpc) is 2.75. The lowest BCUT2D eigenvalue weighted by atomic mass is 10.2. The van der Waals surface area contributed by atoms with Crippen molar-refractivity contribution in [2.45, 2.75) is 6.54 Å². The molecule has 1 heterocycles. The van der Waals surface area contributed by atoms with Crippen molar-refractivity contribution in [1.29, 1.82) is 0 Å². The fraction of sp³-hybridized carbons (Fsp3) is 0.111. The minimum absolute atomic E-state index is 0.114. The summed E-state index contributed by atoms with van der Waals surface area (Å²) in [7, 11) is 0. The number of hydrogen-bond donors (Lipinski definition) is 1. The van der Waals surface area contributed by atoms with Crippen molar-refractivity contribution in [2.24, 2.45) is 0 Å². The van der Waals surface area contributed by atoms with Gasteiger partial charge in [-0.1, -0.05) is 36.4 Å². The summed E-state index contributed by atoms with van der Waals surface area (Å²) in [5.74, 6) is 0.939. The molecule has 0 aromatic heterocycles. The molecule has 1 aliphatic rings. The molecule has 1 N–H and O–H groups in total. The summed E-state index contributed by atoms with van der Waals surface area (Å²) in [5, 5.41) is 3.08. The van der Waals surface area contributed by atoms with Crippen LogP contribution in [0.1, 0.15) is 5.56 Å². The number of ether oxygens (including phenoxy) is 1. The van der Waals surface area contributed by atoms with Crippen LogP contribution in [0.25, 0.3) is 0 Å². The number of rotatable bonds is 3. The molecule has 0 saturated heterocycles. The Kier molecular flexibility index (Phi) is 4.53. The zero-order chi connectivity index (χ0) is 17.1. The van der Waals surface area contributed by atoms with Gasteiger partial charge in [-0.3, -0.25) is 9.69 Å². The highest BCUT2D eigenvalue weighted by molar-refractivity contribution is 6.31. The Labute approximate surface area is 144 Å². The van der Waals surface area contributed by atoms with Crippen LogP contribution in [-0.2, 0) is 11.3 Å². The maximum absolute atomic E-state index is 12.6. The lowest BCUT2D eigenvalue weighted by Gasteiger charge is -2.22. The van der Waals surface area contributed by atoms with E-state index in [-0.39, 0.29) is 12.3 Å². The first-order chi connectivity index (χ1) is 11.6. The van der Waals surface area contributed by atoms with Crippen molar-refractivity contribution < 1.29 is 14.3 Å². The molecule has 3 rings (SSSR count). The molecule has 2 amide bonds. The zero-order valence-electron chi connectivity index (χ0n) is 12.8. The van der Waals surface area contributed by atoms with E-state index in [0.29, 0.717) is 28.8 Å². The van der Waals surface area contributed by atoms with Crippen molar-refractivity contribution in [2.75, 3.05) is 11.4 Å². The van der Waals surface area contributed by atoms with Gasteiger partial charge in [0.15, 0.2) is 11.5 Å². The van der Waals surface area contributed by atoms with Gasteiger partial charge < -0.3 is 10.1 Å². The second-order valence-electron chi connectivity index (χ2n) is 5.24. The number of carbonyl (C=O) groups excluding carboxylic acids is 2. The molecule has 0 radical (unpaired) electrons. The quantitative estimate of drug-likeness (QED) is 0.860. The molecule has 0 saturated carbocycles. The summed E-state index contributed by atoms with van der Waals surface area (Å²) in [6.07, 6.45) is 1.17. The Morgan fingerprint density at radius 1 is 1.25 bits per heavy atom. The van der Waals surface area contributed by atoms with E-state index < -0.39 is 6.03 Å². The molecular formula is C18H15ClN2O3. The number of nitrogens with zero attached hydrogens (tertiary/aromatic N) is 1. The SMILES string of the molecule is C=CC(=O)CNC(=O)N1Cc2ccccc2Oc2ccc(Cl)cc21. The number of halogens is 1. The molecule has 0 bridgehead atoms. The molecule has 0 fully saturated rings. The highest BCUT2D eigenvalue weighted by Gasteiger charge is 2.25. The predicted molar refractivity (Wildman–Crippen MR) is 92.8 cm³/mol. The van der Waals surface area contributed by atoms with Gasteiger partial charge in [0, 0.05) is 10.6 Å². The smallest absolute Gasteiger partial charge is 0.322 e. The molecule has 0 spiro atoms. The summed E-state index contributed by atoms with van der Waals surface area (Å²) < 4.78 is 5.92. The monoisotopic (exact) mass is 342 g/mol. The van der Waals surface area contributed by atoms with Crippen molar-refractivity contribution in [3.63, 3.8) is 0 Å². The van der Waals surface area contributed by atoms with Gasteiger partial charge in [-0.15, -0.1) is 0 Å². The van der Waals surface area contributed by atoms with E-state index in [1.165, 1.54) is 11.0 Å². The second kappa shape index (κ2) is 6.76. The lowest BCUT2D eigenvalue weighted by Crippen LogP contribution is -2.41. The number of amides is 2. The molecule has 0 atom stereocenters. The third-order valence-electron chi connectivity index (χ3n) is 3.62. The normalized spacial score (nSPS) is 12.3. The van der Waals surface area contributed by atoms with E-state index >= 15 is 0 Å².